The Morgan fingerprint density at radius 1 is 1.33 bits per heavy atom. The van der Waals surface area contributed by atoms with Crippen LogP contribution in [0.2, 0.25) is 0 Å². The molecule has 0 radical (unpaired) electrons. The number of hydrogen-bond acceptors (Lipinski definition) is 4. The summed E-state index contributed by atoms with van der Waals surface area (Å²) < 4.78 is 13.9. The number of rotatable bonds is 2. The van der Waals surface area contributed by atoms with Gasteiger partial charge < -0.3 is 4.89 Å². The Balaban J connectivity index is 2.73. The van der Waals surface area contributed by atoms with Gasteiger partial charge in [-0.05, 0) is 16.7 Å². The predicted molar refractivity (Wildman–Crippen MR) is 39.5 cm³/mol. The summed E-state index contributed by atoms with van der Waals surface area (Å²) in [4.78, 5) is 20.8. The van der Waals surface area contributed by atoms with Crippen LogP contribution in [0.3, 0.4) is 0 Å². The lowest BCUT2D eigenvalue weighted by Crippen LogP contribution is -2.02. The van der Waals surface area contributed by atoms with Crippen molar-refractivity contribution in [2.45, 2.75) is 0 Å². The van der Waals surface area contributed by atoms with E-state index in [-0.39, 0.29) is 5.56 Å². The van der Waals surface area contributed by atoms with E-state index in [9.17, 15) is 14.3 Å². The lowest BCUT2D eigenvalue weighted by Gasteiger charge is -1.92. The highest BCUT2D eigenvalue weighted by Gasteiger charge is 2.13. The first-order valence-electron chi connectivity index (χ1n) is 3.12. The van der Waals surface area contributed by atoms with Crippen molar-refractivity contribution in [3.8, 4) is 0 Å². The Bertz CT molecular complexity index is 296. The van der Waals surface area contributed by atoms with Crippen molar-refractivity contribution in [1.29, 1.82) is 0 Å². The largest absolute Gasteiger partial charge is 0.558 e. The van der Waals surface area contributed by atoms with Crippen LogP contribution in [-0.4, -0.2) is 5.97 Å². The van der Waals surface area contributed by atoms with Gasteiger partial charge in [0, 0.05) is 0 Å². The molecule has 0 aliphatic rings. The van der Waals surface area contributed by atoms with E-state index in [2.05, 4.69) is 4.52 Å². The first-order chi connectivity index (χ1) is 5.70. The molecule has 0 heterocycles. The summed E-state index contributed by atoms with van der Waals surface area (Å²) in [6.45, 7) is 0. The zero-order valence-corrected chi connectivity index (χ0v) is 6.86. The highest BCUT2D eigenvalue weighted by molar-refractivity contribution is 7.31. The molecule has 0 fully saturated rings. The molecule has 0 aliphatic heterocycles. The second-order valence-corrected chi connectivity index (χ2v) is 2.60. The Hall–Kier alpha value is -1.25. The van der Waals surface area contributed by atoms with Crippen molar-refractivity contribution in [1.82, 2.24) is 0 Å². The SMILES string of the molecule is O=C(O[P+](=O)[O-])c1ccccc1. The smallest absolute Gasteiger partial charge is 0.542 e. The third-order valence-electron chi connectivity index (χ3n) is 1.17. The Labute approximate surface area is 69.7 Å². The van der Waals surface area contributed by atoms with E-state index in [0.29, 0.717) is 0 Å². The number of hydrogen-bond donors (Lipinski definition) is 0. The van der Waals surface area contributed by atoms with E-state index in [0.717, 1.165) is 0 Å². The lowest BCUT2D eigenvalue weighted by atomic mass is 10.2. The van der Waals surface area contributed by atoms with Gasteiger partial charge >= 0.3 is 14.2 Å². The average Bonchev–Trinajstić information content (AvgIpc) is 2.05. The van der Waals surface area contributed by atoms with Gasteiger partial charge in [-0.3, -0.25) is 0 Å². The van der Waals surface area contributed by atoms with Gasteiger partial charge in [-0.1, -0.05) is 18.2 Å². The molecule has 1 aromatic rings. The fraction of sp³-hybridized carbons (Fsp3) is 0. The maximum atomic E-state index is 10.8. The minimum Gasteiger partial charge on any atom is -0.558 e. The van der Waals surface area contributed by atoms with Crippen molar-refractivity contribution in [3.63, 3.8) is 0 Å². The summed E-state index contributed by atoms with van der Waals surface area (Å²) in [6.07, 6.45) is 0. The van der Waals surface area contributed by atoms with E-state index in [1.807, 2.05) is 0 Å². The monoisotopic (exact) mass is 184 g/mol. The molecule has 0 bridgehead atoms. The van der Waals surface area contributed by atoms with Gasteiger partial charge in [-0.15, -0.1) is 0 Å². The molecular weight excluding hydrogens is 179 g/mol. The second kappa shape index (κ2) is 3.95. The van der Waals surface area contributed by atoms with Gasteiger partial charge in [-0.2, -0.15) is 0 Å². The maximum absolute atomic E-state index is 10.8. The van der Waals surface area contributed by atoms with Crippen LogP contribution in [-0.2, 0) is 9.09 Å². The zero-order chi connectivity index (χ0) is 8.97. The molecule has 5 heteroatoms. The normalized spacial score (nSPS) is 10.6. The molecule has 0 aliphatic carbocycles. The van der Waals surface area contributed by atoms with Crippen molar-refractivity contribution in [2.75, 3.05) is 0 Å². The highest BCUT2D eigenvalue weighted by atomic mass is 31.1. The van der Waals surface area contributed by atoms with Gasteiger partial charge in [0.15, 0.2) is 0 Å². The highest BCUT2D eigenvalue weighted by Crippen LogP contribution is 2.13. The molecule has 1 aromatic carbocycles. The van der Waals surface area contributed by atoms with Gasteiger partial charge in [0.1, 0.15) is 0 Å². The molecule has 0 N–H and O–H groups in total. The molecule has 12 heavy (non-hydrogen) atoms. The van der Waals surface area contributed by atoms with Crippen LogP contribution in [0.25, 0.3) is 0 Å². The maximum Gasteiger partial charge on any atom is 0.542 e. The zero-order valence-electron chi connectivity index (χ0n) is 5.97. The summed E-state index contributed by atoms with van der Waals surface area (Å²) in [5, 5.41) is 0. The Morgan fingerprint density at radius 2 is 1.92 bits per heavy atom. The van der Waals surface area contributed by atoms with E-state index < -0.39 is 14.2 Å². The molecular formula is C7H5O4P. The summed E-state index contributed by atoms with van der Waals surface area (Å²) in [5.74, 6) is -0.855. The van der Waals surface area contributed by atoms with Crippen LogP contribution in [0.5, 0.6) is 0 Å². The summed E-state index contributed by atoms with van der Waals surface area (Å²) in [5.41, 5.74) is 0.219. The molecule has 62 valence electrons. The molecule has 1 atom stereocenters. The standard InChI is InChI=1S/C7H5O4P/c8-7(11-12(9)10)6-4-2-1-3-5-6/h1-5H. The lowest BCUT2D eigenvalue weighted by molar-refractivity contribution is -0.181. The minimum absolute atomic E-state index is 0.219. The summed E-state index contributed by atoms with van der Waals surface area (Å²) in [7, 11) is -3.11. The van der Waals surface area contributed by atoms with Crippen LogP contribution in [0.4, 0.5) is 0 Å². The molecule has 0 saturated heterocycles. The number of carbonyl (C=O) groups excluding carboxylic acids is 1. The number of benzene rings is 1. The summed E-state index contributed by atoms with van der Waals surface area (Å²) >= 11 is 0. The van der Waals surface area contributed by atoms with Crippen molar-refractivity contribution in [2.24, 2.45) is 0 Å². The average molecular weight is 184 g/mol. The van der Waals surface area contributed by atoms with Gasteiger partial charge in [0.25, 0.3) is 0 Å². The van der Waals surface area contributed by atoms with Crippen LogP contribution in [0, 0.1) is 0 Å². The van der Waals surface area contributed by atoms with Crippen LogP contribution < -0.4 is 4.89 Å². The molecule has 1 unspecified atom stereocenters. The second-order valence-electron chi connectivity index (χ2n) is 1.97. The Morgan fingerprint density at radius 3 is 2.42 bits per heavy atom. The fourth-order valence-electron chi connectivity index (χ4n) is 0.695. The summed E-state index contributed by atoms with van der Waals surface area (Å²) in [6, 6.07) is 7.90. The quantitative estimate of drug-likeness (QED) is 0.639. The van der Waals surface area contributed by atoms with Crippen LogP contribution >= 0.6 is 8.25 Å². The van der Waals surface area contributed by atoms with Gasteiger partial charge in [-0.25, -0.2) is 9.32 Å². The van der Waals surface area contributed by atoms with Crippen LogP contribution in [0.1, 0.15) is 10.4 Å². The van der Waals surface area contributed by atoms with E-state index >= 15 is 0 Å². The molecule has 4 nitrogen and oxygen atoms in total. The molecule has 0 spiro atoms. The first kappa shape index (κ1) is 8.84. The number of carbonyl (C=O) groups is 1. The first-order valence-corrected chi connectivity index (χ1v) is 4.21. The van der Waals surface area contributed by atoms with Crippen molar-refractivity contribution in [3.05, 3.63) is 35.9 Å². The fourth-order valence-corrected chi connectivity index (χ4v) is 0.935. The molecule has 0 saturated carbocycles. The van der Waals surface area contributed by atoms with Gasteiger partial charge in [0.05, 0.1) is 5.56 Å². The third kappa shape index (κ3) is 2.42. The van der Waals surface area contributed by atoms with Gasteiger partial charge in [0.2, 0.25) is 0 Å². The van der Waals surface area contributed by atoms with E-state index in [1.54, 1.807) is 18.2 Å². The minimum atomic E-state index is -3.11. The third-order valence-corrected chi connectivity index (χ3v) is 1.48. The van der Waals surface area contributed by atoms with E-state index in [4.69, 9.17) is 0 Å². The molecule has 0 amide bonds. The van der Waals surface area contributed by atoms with E-state index in [1.165, 1.54) is 12.1 Å². The predicted octanol–water partition coefficient (Wildman–Crippen LogP) is 0.861. The van der Waals surface area contributed by atoms with Crippen LogP contribution in [0.15, 0.2) is 30.3 Å². The topological polar surface area (TPSA) is 66.4 Å². The van der Waals surface area contributed by atoms with Crippen molar-refractivity contribution >= 4 is 14.2 Å². The Kier molecular flexibility index (Phi) is 2.91. The molecule has 1 rings (SSSR count). The molecule has 0 aromatic heterocycles. The van der Waals surface area contributed by atoms with Crippen molar-refractivity contribution < 1.29 is 18.8 Å².